The lowest BCUT2D eigenvalue weighted by Crippen LogP contribution is -2.16. The van der Waals surface area contributed by atoms with Crippen molar-refractivity contribution in [1.82, 2.24) is 4.98 Å². The molecule has 0 aliphatic carbocycles. The molecule has 1 atom stereocenters. The van der Waals surface area contributed by atoms with Gasteiger partial charge in [0, 0.05) is 24.3 Å². The summed E-state index contributed by atoms with van der Waals surface area (Å²) in [6, 6.07) is 5.54. The molecule has 2 aromatic rings. The summed E-state index contributed by atoms with van der Waals surface area (Å²) >= 11 is 0. The first kappa shape index (κ1) is 15.7. The molecule has 0 spiro atoms. The van der Waals surface area contributed by atoms with Gasteiger partial charge in [0.05, 0.1) is 19.4 Å². The van der Waals surface area contributed by atoms with Gasteiger partial charge in [-0.05, 0) is 30.5 Å². The van der Waals surface area contributed by atoms with E-state index in [0.717, 1.165) is 25.6 Å². The Hall–Kier alpha value is -2.21. The minimum atomic E-state index is -0.554. The molecule has 1 aromatic heterocycles. The average molecular weight is 321 g/mol. The molecule has 1 aliphatic rings. The Morgan fingerprint density at radius 3 is 2.87 bits per heavy atom. The number of ether oxygens (including phenoxy) is 3. The summed E-state index contributed by atoms with van der Waals surface area (Å²) in [4.78, 5) is 3.78. The standard InChI is InChI=1S/C17H17F2NO3/c1-21-17-8-15(16(19)9-20-17)11-5-12(18)7-14(6-11)23-10-13-3-2-4-22-13/h5-9,13H,2-4,10H2,1H3. The largest absolute Gasteiger partial charge is 0.491 e. The van der Waals surface area contributed by atoms with E-state index in [2.05, 4.69) is 4.98 Å². The van der Waals surface area contributed by atoms with E-state index >= 15 is 0 Å². The van der Waals surface area contributed by atoms with Gasteiger partial charge in [-0.25, -0.2) is 13.8 Å². The van der Waals surface area contributed by atoms with Gasteiger partial charge >= 0.3 is 0 Å². The van der Waals surface area contributed by atoms with E-state index < -0.39 is 11.6 Å². The molecular formula is C17H17F2NO3. The van der Waals surface area contributed by atoms with Crippen molar-refractivity contribution >= 4 is 0 Å². The van der Waals surface area contributed by atoms with E-state index in [-0.39, 0.29) is 17.5 Å². The summed E-state index contributed by atoms with van der Waals surface area (Å²) in [7, 11) is 1.44. The van der Waals surface area contributed by atoms with E-state index in [4.69, 9.17) is 14.2 Å². The summed E-state index contributed by atoms with van der Waals surface area (Å²) < 4.78 is 43.9. The van der Waals surface area contributed by atoms with Gasteiger partial charge in [0.2, 0.25) is 5.88 Å². The van der Waals surface area contributed by atoms with Gasteiger partial charge < -0.3 is 14.2 Å². The minimum Gasteiger partial charge on any atom is -0.491 e. The molecule has 6 heteroatoms. The third-order valence-electron chi connectivity index (χ3n) is 3.68. The molecule has 122 valence electrons. The van der Waals surface area contributed by atoms with Crippen LogP contribution in [0.5, 0.6) is 11.6 Å². The van der Waals surface area contributed by atoms with Crippen LogP contribution < -0.4 is 9.47 Å². The summed E-state index contributed by atoms with van der Waals surface area (Å²) in [5.74, 6) is -0.459. The quantitative estimate of drug-likeness (QED) is 0.844. The Balaban J connectivity index is 1.84. The summed E-state index contributed by atoms with van der Waals surface area (Å²) in [5, 5.41) is 0. The van der Waals surface area contributed by atoms with Crippen LogP contribution in [0.3, 0.4) is 0 Å². The Bertz CT molecular complexity index is 688. The number of rotatable bonds is 5. The molecule has 0 N–H and O–H groups in total. The fourth-order valence-corrected chi connectivity index (χ4v) is 2.52. The highest BCUT2D eigenvalue weighted by Gasteiger charge is 2.17. The van der Waals surface area contributed by atoms with E-state index in [1.165, 1.54) is 25.3 Å². The first-order valence-corrected chi connectivity index (χ1v) is 7.40. The van der Waals surface area contributed by atoms with Crippen LogP contribution in [0.15, 0.2) is 30.5 Å². The maximum Gasteiger partial charge on any atom is 0.213 e. The molecule has 0 saturated carbocycles. The Kier molecular flexibility index (Phi) is 4.71. The number of pyridine rings is 1. The van der Waals surface area contributed by atoms with Crippen molar-refractivity contribution in [1.29, 1.82) is 0 Å². The average Bonchev–Trinajstić information content (AvgIpc) is 3.06. The number of hydrogen-bond donors (Lipinski definition) is 0. The highest BCUT2D eigenvalue weighted by Crippen LogP contribution is 2.29. The zero-order chi connectivity index (χ0) is 16.2. The number of hydrogen-bond acceptors (Lipinski definition) is 4. The molecule has 1 saturated heterocycles. The van der Waals surface area contributed by atoms with Gasteiger partial charge in [0.25, 0.3) is 0 Å². The van der Waals surface area contributed by atoms with Crippen LogP contribution in [-0.4, -0.2) is 31.4 Å². The molecule has 2 heterocycles. The van der Waals surface area contributed by atoms with Crippen molar-refractivity contribution in [2.45, 2.75) is 18.9 Å². The molecule has 1 unspecified atom stereocenters. The van der Waals surface area contributed by atoms with Gasteiger partial charge in [0.1, 0.15) is 24.0 Å². The topological polar surface area (TPSA) is 40.6 Å². The van der Waals surface area contributed by atoms with Crippen LogP contribution >= 0.6 is 0 Å². The van der Waals surface area contributed by atoms with Crippen molar-refractivity contribution in [3.63, 3.8) is 0 Å². The second kappa shape index (κ2) is 6.91. The highest BCUT2D eigenvalue weighted by atomic mass is 19.1. The molecule has 3 rings (SSSR count). The van der Waals surface area contributed by atoms with Gasteiger partial charge in [0.15, 0.2) is 0 Å². The smallest absolute Gasteiger partial charge is 0.213 e. The van der Waals surface area contributed by atoms with E-state index in [9.17, 15) is 8.78 Å². The van der Waals surface area contributed by atoms with Crippen molar-refractivity contribution in [3.05, 3.63) is 42.1 Å². The SMILES string of the molecule is COc1cc(-c2cc(F)cc(OCC3CCCO3)c2)c(F)cn1. The monoisotopic (exact) mass is 321 g/mol. The van der Waals surface area contributed by atoms with Crippen molar-refractivity contribution in [2.75, 3.05) is 20.3 Å². The van der Waals surface area contributed by atoms with Crippen molar-refractivity contribution in [2.24, 2.45) is 0 Å². The lowest BCUT2D eigenvalue weighted by molar-refractivity contribution is 0.0678. The highest BCUT2D eigenvalue weighted by molar-refractivity contribution is 5.66. The fourth-order valence-electron chi connectivity index (χ4n) is 2.52. The molecule has 4 nitrogen and oxygen atoms in total. The second-order valence-corrected chi connectivity index (χ2v) is 5.33. The summed E-state index contributed by atoms with van der Waals surface area (Å²) in [6.07, 6.45) is 3.01. The molecule has 0 radical (unpaired) electrons. The van der Waals surface area contributed by atoms with E-state index in [0.29, 0.717) is 17.9 Å². The van der Waals surface area contributed by atoms with Crippen molar-refractivity contribution < 1.29 is 23.0 Å². The lowest BCUT2D eigenvalue weighted by Gasteiger charge is -2.13. The van der Waals surface area contributed by atoms with Gasteiger partial charge in [-0.2, -0.15) is 0 Å². The maximum absolute atomic E-state index is 14.0. The molecule has 1 aromatic carbocycles. The van der Waals surface area contributed by atoms with Crippen LogP contribution in [0.2, 0.25) is 0 Å². The maximum atomic E-state index is 14.0. The van der Waals surface area contributed by atoms with Crippen LogP contribution in [0.1, 0.15) is 12.8 Å². The third-order valence-corrected chi connectivity index (χ3v) is 3.68. The van der Waals surface area contributed by atoms with Crippen LogP contribution in [-0.2, 0) is 4.74 Å². The van der Waals surface area contributed by atoms with Crippen LogP contribution in [0, 0.1) is 11.6 Å². The molecule has 23 heavy (non-hydrogen) atoms. The summed E-state index contributed by atoms with van der Waals surface area (Å²) in [5.41, 5.74) is 0.573. The predicted octanol–water partition coefficient (Wildman–Crippen LogP) is 3.59. The zero-order valence-electron chi connectivity index (χ0n) is 12.7. The Labute approximate surface area is 133 Å². The number of methoxy groups -OCH3 is 1. The van der Waals surface area contributed by atoms with E-state index in [1.54, 1.807) is 6.07 Å². The minimum absolute atomic E-state index is 0.0273. The molecule has 0 amide bonds. The van der Waals surface area contributed by atoms with E-state index in [1.807, 2.05) is 0 Å². The predicted molar refractivity (Wildman–Crippen MR) is 80.6 cm³/mol. The number of nitrogens with zero attached hydrogens (tertiary/aromatic N) is 1. The molecule has 0 bridgehead atoms. The van der Waals surface area contributed by atoms with Crippen LogP contribution in [0.25, 0.3) is 11.1 Å². The fraction of sp³-hybridized carbons (Fsp3) is 0.353. The van der Waals surface area contributed by atoms with Gasteiger partial charge in [-0.3, -0.25) is 0 Å². The second-order valence-electron chi connectivity index (χ2n) is 5.33. The molecular weight excluding hydrogens is 304 g/mol. The number of aromatic nitrogens is 1. The van der Waals surface area contributed by atoms with Crippen LogP contribution in [0.4, 0.5) is 8.78 Å². The van der Waals surface area contributed by atoms with Gasteiger partial charge in [-0.15, -0.1) is 0 Å². The number of halogens is 2. The lowest BCUT2D eigenvalue weighted by atomic mass is 10.1. The van der Waals surface area contributed by atoms with Gasteiger partial charge in [-0.1, -0.05) is 0 Å². The first-order chi connectivity index (χ1) is 11.2. The number of benzene rings is 1. The molecule has 1 fully saturated rings. The Morgan fingerprint density at radius 2 is 2.13 bits per heavy atom. The normalized spacial score (nSPS) is 17.3. The Morgan fingerprint density at radius 1 is 1.26 bits per heavy atom. The summed E-state index contributed by atoms with van der Waals surface area (Å²) in [6.45, 7) is 1.08. The zero-order valence-corrected chi connectivity index (χ0v) is 12.7. The third kappa shape index (κ3) is 3.76. The van der Waals surface area contributed by atoms with Crippen molar-refractivity contribution in [3.8, 4) is 22.8 Å². The first-order valence-electron chi connectivity index (χ1n) is 7.40. The molecule has 1 aliphatic heterocycles.